The number of hydrazone groups is 1. The molecule has 0 spiro atoms. The second kappa shape index (κ2) is 4.85. The zero-order valence-electron chi connectivity index (χ0n) is 8.15. The van der Waals surface area contributed by atoms with Crippen molar-refractivity contribution in [3.8, 4) is 0 Å². The van der Waals surface area contributed by atoms with Gasteiger partial charge in [-0.1, -0.05) is 0 Å². The zero-order chi connectivity index (χ0) is 11.4. The fraction of sp³-hybridized carbons (Fsp3) is 0. The summed E-state index contributed by atoms with van der Waals surface area (Å²) in [5.41, 5.74) is 3.59. The molecule has 0 fully saturated rings. The van der Waals surface area contributed by atoms with Crippen molar-refractivity contribution in [3.63, 3.8) is 0 Å². The monoisotopic (exact) mass is 238 g/mol. The van der Waals surface area contributed by atoms with Crippen LogP contribution in [-0.4, -0.2) is 6.21 Å². The van der Waals surface area contributed by atoms with E-state index in [4.69, 9.17) is 0 Å². The molecule has 0 aliphatic rings. The highest BCUT2D eigenvalue weighted by molar-refractivity contribution is 7.08. The second-order valence-corrected chi connectivity index (χ2v) is 3.83. The minimum Gasteiger partial charge on any atom is -0.276 e. The first-order valence-corrected chi connectivity index (χ1v) is 5.46. The van der Waals surface area contributed by atoms with Crippen LogP contribution in [-0.2, 0) is 0 Å². The SMILES string of the molecule is Fc1ccc(N/N=C/c2ccsc2)c(F)c1. The van der Waals surface area contributed by atoms with Crippen molar-refractivity contribution >= 4 is 23.2 Å². The molecule has 2 nitrogen and oxygen atoms in total. The van der Waals surface area contributed by atoms with E-state index in [1.54, 1.807) is 17.6 Å². The number of thiophene rings is 1. The van der Waals surface area contributed by atoms with E-state index in [1.165, 1.54) is 12.1 Å². The number of rotatable bonds is 3. The summed E-state index contributed by atoms with van der Waals surface area (Å²) in [6.45, 7) is 0. The van der Waals surface area contributed by atoms with Gasteiger partial charge in [-0.15, -0.1) is 0 Å². The molecule has 0 aliphatic heterocycles. The minimum atomic E-state index is -0.664. The summed E-state index contributed by atoms with van der Waals surface area (Å²) in [4.78, 5) is 0. The molecule has 16 heavy (non-hydrogen) atoms. The number of nitrogens with zero attached hydrogens (tertiary/aromatic N) is 1. The van der Waals surface area contributed by atoms with E-state index in [0.717, 1.165) is 11.6 Å². The van der Waals surface area contributed by atoms with Gasteiger partial charge in [-0.05, 0) is 29.0 Å². The lowest BCUT2D eigenvalue weighted by Crippen LogP contribution is -1.93. The molecule has 1 aromatic carbocycles. The maximum absolute atomic E-state index is 13.1. The number of anilines is 1. The normalized spacial score (nSPS) is 10.9. The highest BCUT2D eigenvalue weighted by Crippen LogP contribution is 2.14. The quantitative estimate of drug-likeness (QED) is 0.642. The van der Waals surface area contributed by atoms with Gasteiger partial charge in [-0.2, -0.15) is 16.4 Å². The van der Waals surface area contributed by atoms with Gasteiger partial charge in [0, 0.05) is 11.6 Å². The number of nitrogens with one attached hydrogen (secondary N) is 1. The summed E-state index contributed by atoms with van der Waals surface area (Å²) in [6, 6.07) is 5.17. The van der Waals surface area contributed by atoms with Gasteiger partial charge in [0.25, 0.3) is 0 Å². The van der Waals surface area contributed by atoms with Crippen LogP contribution in [0.25, 0.3) is 0 Å². The molecular weight excluding hydrogens is 230 g/mol. The molecule has 0 atom stereocenters. The third-order valence-corrected chi connectivity index (χ3v) is 2.57. The van der Waals surface area contributed by atoms with Crippen molar-refractivity contribution in [2.24, 2.45) is 5.10 Å². The van der Waals surface area contributed by atoms with E-state index >= 15 is 0 Å². The predicted molar refractivity (Wildman–Crippen MR) is 61.9 cm³/mol. The Kier molecular flexibility index (Phi) is 3.26. The van der Waals surface area contributed by atoms with Gasteiger partial charge in [0.15, 0.2) is 5.82 Å². The van der Waals surface area contributed by atoms with Crippen LogP contribution in [0, 0.1) is 11.6 Å². The lowest BCUT2D eigenvalue weighted by Gasteiger charge is -2.00. The van der Waals surface area contributed by atoms with Crippen molar-refractivity contribution in [1.29, 1.82) is 0 Å². The van der Waals surface area contributed by atoms with Crippen LogP contribution in [0.15, 0.2) is 40.1 Å². The average Bonchev–Trinajstić information content (AvgIpc) is 2.74. The van der Waals surface area contributed by atoms with Crippen LogP contribution in [0.5, 0.6) is 0 Å². The predicted octanol–water partition coefficient (Wildman–Crippen LogP) is 3.47. The topological polar surface area (TPSA) is 24.4 Å². The van der Waals surface area contributed by atoms with Crippen molar-refractivity contribution in [2.75, 3.05) is 5.43 Å². The van der Waals surface area contributed by atoms with Gasteiger partial charge in [-0.25, -0.2) is 8.78 Å². The zero-order valence-corrected chi connectivity index (χ0v) is 8.97. The van der Waals surface area contributed by atoms with Gasteiger partial charge >= 0.3 is 0 Å². The Morgan fingerprint density at radius 3 is 2.81 bits per heavy atom. The Morgan fingerprint density at radius 1 is 1.25 bits per heavy atom. The molecule has 0 unspecified atom stereocenters. The van der Waals surface area contributed by atoms with Crippen LogP contribution in [0.1, 0.15) is 5.56 Å². The second-order valence-electron chi connectivity index (χ2n) is 3.05. The Hall–Kier alpha value is -1.75. The van der Waals surface area contributed by atoms with E-state index in [2.05, 4.69) is 10.5 Å². The number of halogens is 2. The largest absolute Gasteiger partial charge is 0.276 e. The van der Waals surface area contributed by atoms with Crippen molar-refractivity contribution in [3.05, 3.63) is 52.2 Å². The first-order chi connectivity index (χ1) is 7.75. The Labute approximate surface area is 95.2 Å². The molecule has 0 saturated carbocycles. The summed E-state index contributed by atoms with van der Waals surface area (Å²) in [6.07, 6.45) is 1.57. The van der Waals surface area contributed by atoms with Gasteiger partial charge in [-0.3, -0.25) is 5.43 Å². The average molecular weight is 238 g/mol. The molecule has 0 bridgehead atoms. The fourth-order valence-electron chi connectivity index (χ4n) is 1.10. The summed E-state index contributed by atoms with van der Waals surface area (Å²) in [7, 11) is 0. The Balaban J connectivity index is 2.05. The smallest absolute Gasteiger partial charge is 0.151 e. The van der Waals surface area contributed by atoms with E-state index < -0.39 is 11.6 Å². The third kappa shape index (κ3) is 2.64. The van der Waals surface area contributed by atoms with Gasteiger partial charge < -0.3 is 0 Å². The molecule has 2 aromatic rings. The summed E-state index contributed by atoms with van der Waals surface area (Å²) < 4.78 is 25.7. The number of benzene rings is 1. The summed E-state index contributed by atoms with van der Waals surface area (Å²) in [5.74, 6) is -1.27. The van der Waals surface area contributed by atoms with Gasteiger partial charge in [0.2, 0.25) is 0 Å². The van der Waals surface area contributed by atoms with Gasteiger partial charge in [0.1, 0.15) is 5.82 Å². The lowest BCUT2D eigenvalue weighted by molar-refractivity contribution is 0.585. The number of hydrogen-bond donors (Lipinski definition) is 1. The van der Waals surface area contributed by atoms with Crippen LogP contribution < -0.4 is 5.43 Å². The minimum absolute atomic E-state index is 0.146. The molecule has 1 heterocycles. The molecular formula is C11H8F2N2S. The maximum atomic E-state index is 13.1. The van der Waals surface area contributed by atoms with Crippen LogP contribution >= 0.6 is 11.3 Å². The molecule has 1 N–H and O–H groups in total. The van der Waals surface area contributed by atoms with E-state index in [-0.39, 0.29) is 5.69 Å². The molecule has 82 valence electrons. The molecule has 5 heteroatoms. The first-order valence-electron chi connectivity index (χ1n) is 4.52. The molecule has 0 aliphatic carbocycles. The molecule has 0 saturated heterocycles. The Morgan fingerprint density at radius 2 is 2.12 bits per heavy atom. The molecule has 1 aromatic heterocycles. The van der Waals surface area contributed by atoms with E-state index in [0.29, 0.717) is 0 Å². The highest BCUT2D eigenvalue weighted by Gasteiger charge is 2.01. The van der Waals surface area contributed by atoms with E-state index in [1.807, 2.05) is 16.8 Å². The lowest BCUT2D eigenvalue weighted by atomic mass is 10.3. The summed E-state index contributed by atoms with van der Waals surface area (Å²) >= 11 is 1.55. The third-order valence-electron chi connectivity index (χ3n) is 1.87. The highest BCUT2D eigenvalue weighted by atomic mass is 32.1. The molecule has 2 rings (SSSR count). The molecule has 0 radical (unpaired) electrons. The Bertz CT molecular complexity index is 495. The summed E-state index contributed by atoms with van der Waals surface area (Å²) in [5, 5.41) is 7.67. The van der Waals surface area contributed by atoms with Gasteiger partial charge in [0.05, 0.1) is 11.9 Å². The number of hydrogen-bond acceptors (Lipinski definition) is 3. The van der Waals surface area contributed by atoms with Crippen molar-refractivity contribution in [2.45, 2.75) is 0 Å². The first kappa shape index (κ1) is 10.8. The van der Waals surface area contributed by atoms with Crippen molar-refractivity contribution in [1.82, 2.24) is 0 Å². The van der Waals surface area contributed by atoms with E-state index in [9.17, 15) is 8.78 Å². The fourth-order valence-corrected chi connectivity index (χ4v) is 1.72. The van der Waals surface area contributed by atoms with Crippen LogP contribution in [0.4, 0.5) is 14.5 Å². The standard InChI is InChI=1S/C11H8F2N2S/c12-9-1-2-11(10(13)5-9)15-14-6-8-3-4-16-7-8/h1-7,15H/b14-6+. The van der Waals surface area contributed by atoms with Crippen LogP contribution in [0.3, 0.4) is 0 Å². The van der Waals surface area contributed by atoms with Crippen molar-refractivity contribution < 1.29 is 8.78 Å². The maximum Gasteiger partial charge on any atom is 0.151 e. The van der Waals surface area contributed by atoms with Crippen LogP contribution in [0.2, 0.25) is 0 Å². The molecule has 0 amide bonds.